The van der Waals surface area contributed by atoms with E-state index in [1.165, 1.54) is 6.07 Å². The minimum atomic E-state index is -2.71. The summed E-state index contributed by atoms with van der Waals surface area (Å²) in [5, 5.41) is 8.87. The van der Waals surface area contributed by atoms with Crippen LogP contribution in [-0.2, 0) is 5.33 Å². The molecule has 2 N–H and O–H groups in total. The average molecular weight is 262 g/mol. The number of nitrogens with two attached hydrogens (primary N) is 1. The summed E-state index contributed by atoms with van der Waals surface area (Å²) in [7, 11) is 0. The van der Waals surface area contributed by atoms with Crippen LogP contribution >= 0.6 is 15.9 Å². The Labute approximate surface area is 87.7 Å². The van der Waals surface area contributed by atoms with Gasteiger partial charge in [-0.15, -0.1) is 0 Å². The summed E-state index contributed by atoms with van der Waals surface area (Å²) in [5.41, 5.74) is 5.20. The molecule has 0 saturated carbocycles. The summed E-state index contributed by atoms with van der Waals surface area (Å²) < 4.78 is 24.8. The first kappa shape index (κ1) is 10.9. The first-order valence-electron chi connectivity index (χ1n) is 3.63. The molecule has 0 fully saturated rings. The number of nitrogens with zero attached hydrogens (tertiary/aromatic N) is 2. The van der Waals surface area contributed by atoms with Crippen molar-refractivity contribution in [1.82, 2.24) is 4.98 Å². The van der Waals surface area contributed by atoms with E-state index in [1.807, 2.05) is 0 Å². The zero-order valence-electron chi connectivity index (χ0n) is 6.97. The van der Waals surface area contributed by atoms with Crippen molar-refractivity contribution in [3.05, 3.63) is 22.9 Å². The molecule has 0 aliphatic heterocycles. The van der Waals surface area contributed by atoms with Gasteiger partial charge in [-0.25, -0.2) is 13.8 Å². The van der Waals surface area contributed by atoms with Crippen LogP contribution in [0.15, 0.2) is 6.07 Å². The van der Waals surface area contributed by atoms with Gasteiger partial charge in [-0.05, 0) is 6.07 Å². The zero-order valence-corrected chi connectivity index (χ0v) is 8.55. The highest BCUT2D eigenvalue weighted by Gasteiger charge is 2.16. The summed E-state index contributed by atoms with van der Waals surface area (Å²) in [6, 6.07) is 2.78. The minimum absolute atomic E-state index is 0.0998. The van der Waals surface area contributed by atoms with Crippen molar-refractivity contribution < 1.29 is 8.78 Å². The molecule has 0 amide bonds. The van der Waals surface area contributed by atoms with Gasteiger partial charge in [0.2, 0.25) is 0 Å². The molecule has 0 atom stereocenters. The zero-order chi connectivity index (χ0) is 10.7. The van der Waals surface area contributed by atoms with Gasteiger partial charge in [-0.3, -0.25) is 0 Å². The quantitative estimate of drug-likeness (QED) is 0.832. The Kier molecular flexibility index (Phi) is 3.36. The van der Waals surface area contributed by atoms with Gasteiger partial charge >= 0.3 is 0 Å². The van der Waals surface area contributed by atoms with E-state index in [1.54, 1.807) is 6.07 Å². The third-order valence-electron chi connectivity index (χ3n) is 1.65. The largest absolute Gasteiger partial charge is 0.383 e. The molecule has 1 rings (SSSR count). The summed E-state index contributed by atoms with van der Waals surface area (Å²) in [4.78, 5) is 3.59. The Hall–Kier alpha value is -1.22. The molecule has 0 saturated heterocycles. The first-order valence-corrected chi connectivity index (χ1v) is 4.75. The third-order valence-corrected chi connectivity index (χ3v) is 2.25. The fraction of sp³-hybridized carbons (Fsp3) is 0.250. The van der Waals surface area contributed by atoms with Crippen molar-refractivity contribution in [3.8, 4) is 6.07 Å². The number of nitrogen functional groups attached to an aromatic ring is 1. The Morgan fingerprint density at radius 1 is 1.64 bits per heavy atom. The maximum absolute atomic E-state index is 12.4. The van der Waals surface area contributed by atoms with Gasteiger partial charge in [0.15, 0.2) is 5.69 Å². The molecule has 1 aromatic heterocycles. The van der Waals surface area contributed by atoms with Crippen LogP contribution in [0.1, 0.15) is 23.2 Å². The molecule has 1 aromatic rings. The van der Waals surface area contributed by atoms with Gasteiger partial charge in [0.05, 0.1) is 5.56 Å². The molecule has 6 heteroatoms. The molecule has 0 aliphatic rings. The van der Waals surface area contributed by atoms with Crippen LogP contribution in [-0.4, -0.2) is 4.98 Å². The second-order valence-electron chi connectivity index (χ2n) is 2.52. The molecule has 74 valence electrons. The molecule has 1 heterocycles. The lowest BCUT2D eigenvalue weighted by molar-refractivity contribution is 0.150. The van der Waals surface area contributed by atoms with E-state index in [9.17, 15) is 8.78 Å². The molecule has 0 aliphatic carbocycles. The fourth-order valence-electron chi connectivity index (χ4n) is 0.950. The van der Waals surface area contributed by atoms with E-state index in [2.05, 4.69) is 20.9 Å². The highest BCUT2D eigenvalue weighted by molar-refractivity contribution is 9.08. The van der Waals surface area contributed by atoms with Gasteiger partial charge in [-0.2, -0.15) is 5.26 Å². The van der Waals surface area contributed by atoms with E-state index in [0.717, 1.165) is 0 Å². The van der Waals surface area contributed by atoms with Crippen molar-refractivity contribution in [2.75, 3.05) is 5.73 Å². The van der Waals surface area contributed by atoms with Gasteiger partial charge in [0.1, 0.15) is 11.9 Å². The van der Waals surface area contributed by atoms with Crippen LogP contribution in [0.2, 0.25) is 0 Å². The lowest BCUT2D eigenvalue weighted by Gasteiger charge is -2.06. The minimum Gasteiger partial charge on any atom is -0.383 e. The molecule has 3 nitrogen and oxygen atoms in total. The number of hydrogen-bond donors (Lipinski definition) is 1. The fourth-order valence-corrected chi connectivity index (χ4v) is 1.40. The van der Waals surface area contributed by atoms with Crippen molar-refractivity contribution in [2.24, 2.45) is 0 Å². The predicted octanol–water partition coefficient (Wildman–Crippen LogP) is 2.37. The van der Waals surface area contributed by atoms with Crippen LogP contribution in [0, 0.1) is 11.3 Å². The van der Waals surface area contributed by atoms with Crippen molar-refractivity contribution in [1.29, 1.82) is 5.26 Å². The predicted molar refractivity (Wildman–Crippen MR) is 51.0 cm³/mol. The van der Waals surface area contributed by atoms with E-state index < -0.39 is 6.43 Å². The second-order valence-corrected chi connectivity index (χ2v) is 3.08. The normalized spacial score (nSPS) is 10.2. The molecule has 14 heavy (non-hydrogen) atoms. The Bertz CT molecular complexity index is 387. The lowest BCUT2D eigenvalue weighted by Crippen LogP contribution is -2.02. The standard InChI is InChI=1S/C8H6BrF2N3/c9-2-4-1-5(7(10)11)6(3-12)14-8(4)13/h1,7H,2H2,(H2,13,14). The number of alkyl halides is 3. The summed E-state index contributed by atoms with van der Waals surface area (Å²) in [5.74, 6) is 0.0998. The second kappa shape index (κ2) is 4.33. The molecule has 0 spiro atoms. The van der Waals surface area contributed by atoms with Crippen LogP contribution in [0.25, 0.3) is 0 Å². The maximum Gasteiger partial charge on any atom is 0.266 e. The monoisotopic (exact) mass is 261 g/mol. The molecule has 0 unspecified atom stereocenters. The van der Waals surface area contributed by atoms with Crippen LogP contribution < -0.4 is 5.73 Å². The van der Waals surface area contributed by atoms with Crippen LogP contribution in [0.3, 0.4) is 0 Å². The van der Waals surface area contributed by atoms with Gasteiger partial charge < -0.3 is 5.73 Å². The number of aromatic nitrogens is 1. The Morgan fingerprint density at radius 2 is 2.29 bits per heavy atom. The molecule has 0 radical (unpaired) electrons. The lowest BCUT2D eigenvalue weighted by atomic mass is 10.1. The van der Waals surface area contributed by atoms with Gasteiger partial charge in [-0.1, -0.05) is 15.9 Å². The first-order chi connectivity index (χ1) is 6.60. The summed E-state index contributed by atoms with van der Waals surface area (Å²) in [6.45, 7) is 0. The molecule has 0 bridgehead atoms. The average Bonchev–Trinajstić information content (AvgIpc) is 2.16. The van der Waals surface area contributed by atoms with Crippen LogP contribution in [0.5, 0.6) is 0 Å². The van der Waals surface area contributed by atoms with E-state index in [-0.39, 0.29) is 17.1 Å². The number of rotatable bonds is 2. The smallest absolute Gasteiger partial charge is 0.266 e. The van der Waals surface area contributed by atoms with Crippen LogP contribution in [0.4, 0.5) is 14.6 Å². The Balaban J connectivity index is 3.34. The molecular formula is C8H6BrF2N3. The van der Waals surface area contributed by atoms with Gasteiger partial charge in [0.25, 0.3) is 6.43 Å². The van der Waals surface area contributed by atoms with E-state index >= 15 is 0 Å². The number of pyridine rings is 1. The topological polar surface area (TPSA) is 62.7 Å². The van der Waals surface area contributed by atoms with E-state index in [4.69, 9.17) is 11.0 Å². The number of halogens is 3. The molecular weight excluding hydrogens is 256 g/mol. The highest BCUT2D eigenvalue weighted by Crippen LogP contribution is 2.25. The van der Waals surface area contributed by atoms with Crippen molar-refractivity contribution >= 4 is 21.7 Å². The molecule has 0 aromatic carbocycles. The highest BCUT2D eigenvalue weighted by atomic mass is 79.9. The van der Waals surface area contributed by atoms with Crippen molar-refractivity contribution in [2.45, 2.75) is 11.8 Å². The van der Waals surface area contributed by atoms with Gasteiger partial charge in [0, 0.05) is 10.9 Å². The maximum atomic E-state index is 12.4. The number of anilines is 1. The third kappa shape index (κ3) is 1.99. The summed E-state index contributed by atoms with van der Waals surface area (Å²) in [6.07, 6.45) is -2.71. The summed E-state index contributed by atoms with van der Waals surface area (Å²) >= 11 is 3.09. The number of nitriles is 1. The van der Waals surface area contributed by atoms with E-state index in [0.29, 0.717) is 10.9 Å². The van der Waals surface area contributed by atoms with Crippen molar-refractivity contribution in [3.63, 3.8) is 0 Å². The number of hydrogen-bond acceptors (Lipinski definition) is 3. The Morgan fingerprint density at radius 3 is 2.71 bits per heavy atom. The SMILES string of the molecule is N#Cc1nc(N)c(CBr)cc1C(F)F.